The van der Waals surface area contributed by atoms with Crippen molar-refractivity contribution in [3.8, 4) is 0 Å². The molecule has 17 heavy (non-hydrogen) atoms. The van der Waals surface area contributed by atoms with E-state index in [4.69, 9.17) is 10.5 Å². The van der Waals surface area contributed by atoms with E-state index in [2.05, 4.69) is 0 Å². The molecule has 96 valence electrons. The molecule has 1 unspecified atom stereocenters. The van der Waals surface area contributed by atoms with E-state index in [-0.39, 0.29) is 0 Å². The number of hydrogen-bond acceptors (Lipinski definition) is 3. The standard InChI is InChI=1S/C12H20N2O3/c1-8-6-5-7-14(9(8)10(13)15)11(16)17-12(2,3)4/h6,9H,5,7H2,1-4H3,(H2,13,15). The first-order valence-corrected chi connectivity index (χ1v) is 5.68. The Labute approximate surface area is 102 Å². The van der Waals surface area contributed by atoms with E-state index in [1.807, 2.05) is 6.08 Å². The van der Waals surface area contributed by atoms with E-state index in [1.54, 1.807) is 27.7 Å². The number of primary amides is 1. The molecule has 5 nitrogen and oxygen atoms in total. The SMILES string of the molecule is CC1=CCCN(C(=O)OC(C)(C)C)C1C(N)=O. The highest BCUT2D eigenvalue weighted by atomic mass is 16.6. The van der Waals surface area contributed by atoms with Crippen molar-refractivity contribution >= 4 is 12.0 Å². The van der Waals surface area contributed by atoms with Crippen LogP contribution in [0.1, 0.15) is 34.1 Å². The van der Waals surface area contributed by atoms with Crippen LogP contribution in [0.5, 0.6) is 0 Å². The first-order chi connectivity index (χ1) is 7.72. The summed E-state index contributed by atoms with van der Waals surface area (Å²) in [6, 6.07) is -0.682. The van der Waals surface area contributed by atoms with Gasteiger partial charge in [0.1, 0.15) is 11.6 Å². The molecule has 0 aromatic rings. The van der Waals surface area contributed by atoms with Crippen molar-refractivity contribution in [3.05, 3.63) is 11.6 Å². The average molecular weight is 240 g/mol. The number of rotatable bonds is 1. The van der Waals surface area contributed by atoms with Crippen LogP contribution in [0, 0.1) is 0 Å². The third-order valence-corrected chi connectivity index (χ3v) is 2.48. The van der Waals surface area contributed by atoms with E-state index in [0.29, 0.717) is 6.54 Å². The van der Waals surface area contributed by atoms with Crippen LogP contribution < -0.4 is 5.73 Å². The zero-order valence-corrected chi connectivity index (χ0v) is 10.8. The topological polar surface area (TPSA) is 72.6 Å². The zero-order valence-electron chi connectivity index (χ0n) is 10.8. The van der Waals surface area contributed by atoms with Crippen molar-refractivity contribution < 1.29 is 14.3 Å². The largest absolute Gasteiger partial charge is 0.444 e. The summed E-state index contributed by atoms with van der Waals surface area (Å²) in [7, 11) is 0. The molecule has 0 fully saturated rings. The van der Waals surface area contributed by atoms with Crippen molar-refractivity contribution in [3.63, 3.8) is 0 Å². The van der Waals surface area contributed by atoms with E-state index in [9.17, 15) is 9.59 Å². The van der Waals surface area contributed by atoms with Gasteiger partial charge in [0.05, 0.1) is 0 Å². The number of nitrogens with zero attached hydrogens (tertiary/aromatic N) is 1. The van der Waals surface area contributed by atoms with Gasteiger partial charge in [-0.2, -0.15) is 0 Å². The number of carbonyl (C=O) groups is 2. The van der Waals surface area contributed by atoms with Gasteiger partial charge in [0.25, 0.3) is 0 Å². The molecule has 0 aromatic carbocycles. The highest BCUT2D eigenvalue weighted by Gasteiger charge is 2.34. The normalized spacial score (nSPS) is 20.8. The molecule has 5 heteroatoms. The molecule has 0 aromatic heterocycles. The Kier molecular flexibility index (Phi) is 3.80. The summed E-state index contributed by atoms with van der Waals surface area (Å²) in [5, 5.41) is 0. The van der Waals surface area contributed by atoms with E-state index in [1.165, 1.54) is 4.90 Å². The summed E-state index contributed by atoms with van der Waals surface area (Å²) in [6.07, 6.45) is 2.15. The average Bonchev–Trinajstić information content (AvgIpc) is 2.13. The Morgan fingerprint density at radius 1 is 1.47 bits per heavy atom. The zero-order chi connectivity index (χ0) is 13.2. The molecule has 1 heterocycles. The Morgan fingerprint density at radius 3 is 2.53 bits per heavy atom. The molecule has 1 aliphatic rings. The fourth-order valence-corrected chi connectivity index (χ4v) is 1.81. The van der Waals surface area contributed by atoms with Crippen LogP contribution >= 0.6 is 0 Å². The second-order valence-electron chi connectivity index (χ2n) is 5.22. The third-order valence-electron chi connectivity index (χ3n) is 2.48. The highest BCUT2D eigenvalue weighted by Crippen LogP contribution is 2.20. The smallest absolute Gasteiger partial charge is 0.411 e. The van der Waals surface area contributed by atoms with Crippen LogP contribution in [-0.4, -0.2) is 35.1 Å². The first kappa shape index (κ1) is 13.5. The van der Waals surface area contributed by atoms with Crippen LogP contribution in [0.4, 0.5) is 4.79 Å². The van der Waals surface area contributed by atoms with Crippen molar-refractivity contribution in [1.82, 2.24) is 4.90 Å². The van der Waals surface area contributed by atoms with Gasteiger partial charge in [-0.25, -0.2) is 4.79 Å². The van der Waals surface area contributed by atoms with Crippen LogP contribution in [-0.2, 0) is 9.53 Å². The molecule has 1 aliphatic heterocycles. The molecular weight excluding hydrogens is 220 g/mol. The predicted octanol–water partition coefficient (Wildman–Crippen LogP) is 1.43. The lowest BCUT2D eigenvalue weighted by atomic mass is 10.0. The molecule has 1 atom stereocenters. The molecule has 0 aliphatic carbocycles. The fourth-order valence-electron chi connectivity index (χ4n) is 1.81. The van der Waals surface area contributed by atoms with Gasteiger partial charge in [-0.3, -0.25) is 9.69 Å². The summed E-state index contributed by atoms with van der Waals surface area (Å²) in [5.74, 6) is -0.524. The minimum absolute atomic E-state index is 0.458. The lowest BCUT2D eigenvalue weighted by molar-refractivity contribution is -0.122. The second-order valence-corrected chi connectivity index (χ2v) is 5.22. The predicted molar refractivity (Wildman–Crippen MR) is 64.3 cm³/mol. The summed E-state index contributed by atoms with van der Waals surface area (Å²) in [4.78, 5) is 24.7. The van der Waals surface area contributed by atoms with Gasteiger partial charge in [-0.15, -0.1) is 0 Å². The molecule has 1 rings (SSSR count). The van der Waals surface area contributed by atoms with Gasteiger partial charge in [0, 0.05) is 6.54 Å². The maximum Gasteiger partial charge on any atom is 0.411 e. The Balaban J connectivity index is 2.85. The number of hydrogen-bond donors (Lipinski definition) is 1. The minimum atomic E-state index is -0.682. The molecule has 2 amide bonds. The monoisotopic (exact) mass is 240 g/mol. The summed E-state index contributed by atoms with van der Waals surface area (Å²) in [5.41, 5.74) is 5.55. The Morgan fingerprint density at radius 2 is 2.06 bits per heavy atom. The summed E-state index contributed by atoms with van der Waals surface area (Å²) in [6.45, 7) is 7.62. The van der Waals surface area contributed by atoms with Crippen LogP contribution in [0.3, 0.4) is 0 Å². The molecular formula is C12H20N2O3. The van der Waals surface area contributed by atoms with Crippen LogP contribution in [0.15, 0.2) is 11.6 Å². The number of nitrogens with two attached hydrogens (primary N) is 1. The van der Waals surface area contributed by atoms with E-state index < -0.39 is 23.6 Å². The van der Waals surface area contributed by atoms with Gasteiger partial charge >= 0.3 is 6.09 Å². The lowest BCUT2D eigenvalue weighted by Crippen LogP contribution is -2.51. The molecule has 0 bridgehead atoms. The quantitative estimate of drug-likeness (QED) is 0.705. The van der Waals surface area contributed by atoms with Gasteiger partial charge in [0.15, 0.2) is 0 Å². The van der Waals surface area contributed by atoms with Gasteiger partial charge < -0.3 is 10.5 Å². The van der Waals surface area contributed by atoms with Crippen molar-refractivity contribution in [2.24, 2.45) is 5.73 Å². The fraction of sp³-hybridized carbons (Fsp3) is 0.667. The van der Waals surface area contributed by atoms with Gasteiger partial charge in [-0.05, 0) is 39.7 Å². The third kappa shape index (κ3) is 3.47. The van der Waals surface area contributed by atoms with E-state index in [0.717, 1.165) is 12.0 Å². The maximum absolute atomic E-state index is 11.9. The number of carbonyl (C=O) groups excluding carboxylic acids is 2. The Hall–Kier alpha value is -1.52. The van der Waals surface area contributed by atoms with Crippen LogP contribution in [0.2, 0.25) is 0 Å². The van der Waals surface area contributed by atoms with Crippen LogP contribution in [0.25, 0.3) is 0 Å². The molecule has 0 radical (unpaired) electrons. The number of amides is 2. The first-order valence-electron chi connectivity index (χ1n) is 5.68. The van der Waals surface area contributed by atoms with Crippen molar-refractivity contribution in [1.29, 1.82) is 0 Å². The van der Waals surface area contributed by atoms with Crippen molar-refractivity contribution in [2.75, 3.05) is 6.54 Å². The highest BCUT2D eigenvalue weighted by molar-refractivity contribution is 5.87. The summed E-state index contributed by atoms with van der Waals surface area (Å²) >= 11 is 0. The van der Waals surface area contributed by atoms with Gasteiger partial charge in [0.2, 0.25) is 5.91 Å². The lowest BCUT2D eigenvalue weighted by Gasteiger charge is -2.34. The molecule has 2 N–H and O–H groups in total. The second kappa shape index (κ2) is 4.77. The molecule has 0 spiro atoms. The van der Waals surface area contributed by atoms with E-state index >= 15 is 0 Å². The van der Waals surface area contributed by atoms with Gasteiger partial charge in [-0.1, -0.05) is 6.08 Å². The minimum Gasteiger partial charge on any atom is -0.444 e. The molecule has 0 saturated heterocycles. The maximum atomic E-state index is 11.9. The Bertz CT molecular complexity index is 355. The van der Waals surface area contributed by atoms with Crippen molar-refractivity contribution in [2.45, 2.75) is 45.8 Å². The summed E-state index contributed by atoms with van der Waals surface area (Å²) < 4.78 is 5.26. The molecule has 0 saturated carbocycles. The number of ether oxygens (including phenoxy) is 1.